The predicted octanol–water partition coefficient (Wildman–Crippen LogP) is 5.61. The summed E-state index contributed by atoms with van der Waals surface area (Å²) in [5, 5.41) is 0. The van der Waals surface area contributed by atoms with Gasteiger partial charge in [-0.05, 0) is 70.5 Å². The van der Waals surface area contributed by atoms with Crippen LogP contribution in [0.1, 0.15) is 22.3 Å². The van der Waals surface area contributed by atoms with Crippen molar-refractivity contribution in [3.05, 3.63) is 68.4 Å². The predicted molar refractivity (Wildman–Crippen MR) is 90.6 cm³/mol. The van der Waals surface area contributed by atoms with Gasteiger partial charge in [-0.3, -0.25) is 0 Å². The zero-order chi connectivity index (χ0) is 15.9. The third-order valence-corrected chi connectivity index (χ3v) is 5.16. The number of nitrogens with zero attached hydrogens (tertiary/aromatic N) is 1. The number of hydrogen-bond acceptors (Lipinski definition) is 1. The van der Waals surface area contributed by atoms with Crippen LogP contribution in [-0.4, -0.2) is 0 Å². The van der Waals surface area contributed by atoms with E-state index in [1.165, 1.54) is 21.3 Å². The molecule has 0 spiro atoms. The van der Waals surface area contributed by atoms with E-state index in [2.05, 4.69) is 29.5 Å². The zero-order valence-corrected chi connectivity index (χ0v) is 13.9. The highest BCUT2D eigenvalue weighted by Crippen LogP contribution is 2.34. The molecule has 5 heteroatoms. The van der Waals surface area contributed by atoms with Crippen LogP contribution in [0.5, 0.6) is 0 Å². The summed E-state index contributed by atoms with van der Waals surface area (Å²) in [6, 6.07) is 9.51. The first-order chi connectivity index (χ1) is 10.4. The molecule has 0 amide bonds. The first-order valence-corrected chi connectivity index (χ1v) is 7.84. The molecule has 0 radical (unpaired) electrons. The van der Waals surface area contributed by atoms with Gasteiger partial charge in [-0.1, -0.05) is 18.2 Å². The topological polar surface area (TPSA) is 3.24 Å². The fraction of sp³-hybridized carbons (Fsp3) is 0.176. The van der Waals surface area contributed by atoms with E-state index in [0.29, 0.717) is 12.2 Å². The number of halogens is 4. The van der Waals surface area contributed by atoms with Crippen LogP contribution in [0.4, 0.5) is 18.9 Å². The fourth-order valence-corrected chi connectivity index (χ4v) is 3.20. The minimum Gasteiger partial charge on any atom is -0.344 e. The van der Waals surface area contributed by atoms with Gasteiger partial charge in [0.1, 0.15) is 0 Å². The van der Waals surface area contributed by atoms with E-state index in [0.717, 1.165) is 17.2 Å². The molecular formula is C17H13F3IN. The molecule has 1 aliphatic rings. The summed E-state index contributed by atoms with van der Waals surface area (Å²) in [5.41, 5.74) is 3.41. The van der Waals surface area contributed by atoms with Gasteiger partial charge in [0.2, 0.25) is 0 Å². The Balaban J connectivity index is 1.95. The molecule has 1 aliphatic heterocycles. The number of rotatable bonds is 1. The third-order valence-electron chi connectivity index (χ3n) is 3.73. The molecule has 0 aromatic heterocycles. The Hall–Kier alpha value is -1.50. The van der Waals surface area contributed by atoms with Crippen molar-refractivity contribution in [2.45, 2.75) is 19.6 Å². The maximum absolute atomic E-state index is 12.8. The summed E-state index contributed by atoms with van der Waals surface area (Å²) in [5.74, 6) is 0. The third kappa shape index (κ3) is 2.86. The monoisotopic (exact) mass is 415 g/mol. The second-order valence-electron chi connectivity index (χ2n) is 5.26. The second kappa shape index (κ2) is 5.61. The van der Waals surface area contributed by atoms with E-state index < -0.39 is 11.7 Å². The van der Waals surface area contributed by atoms with Crippen LogP contribution in [0.25, 0.3) is 6.08 Å². The van der Waals surface area contributed by atoms with Gasteiger partial charge < -0.3 is 4.90 Å². The lowest BCUT2D eigenvalue weighted by Crippen LogP contribution is -2.20. The van der Waals surface area contributed by atoms with Crippen LogP contribution in [0.15, 0.2) is 42.6 Å². The summed E-state index contributed by atoms with van der Waals surface area (Å²) in [6.45, 7) is 2.62. The average Bonchev–Trinajstić information content (AvgIpc) is 2.50. The summed E-state index contributed by atoms with van der Waals surface area (Å²) < 4.78 is 39.7. The van der Waals surface area contributed by atoms with E-state index in [9.17, 15) is 13.2 Å². The number of anilines is 1. The van der Waals surface area contributed by atoms with Crippen molar-refractivity contribution in [1.29, 1.82) is 0 Å². The van der Waals surface area contributed by atoms with Crippen LogP contribution in [-0.2, 0) is 12.7 Å². The fourth-order valence-electron chi connectivity index (χ4n) is 2.50. The molecule has 0 saturated heterocycles. The summed E-state index contributed by atoms with van der Waals surface area (Å²) in [4.78, 5) is 1.84. The first-order valence-electron chi connectivity index (χ1n) is 6.76. The van der Waals surface area contributed by atoms with Crippen molar-refractivity contribution >= 4 is 34.4 Å². The molecule has 0 atom stereocenters. The Kier molecular flexibility index (Phi) is 3.92. The molecule has 0 bridgehead atoms. The number of benzene rings is 2. The number of aryl methyl sites for hydroxylation is 1. The highest BCUT2D eigenvalue weighted by molar-refractivity contribution is 14.1. The minimum absolute atomic E-state index is 0.548. The Morgan fingerprint density at radius 3 is 2.64 bits per heavy atom. The largest absolute Gasteiger partial charge is 0.416 e. The van der Waals surface area contributed by atoms with E-state index in [4.69, 9.17) is 0 Å². The zero-order valence-electron chi connectivity index (χ0n) is 11.8. The van der Waals surface area contributed by atoms with Crippen LogP contribution in [0, 0.1) is 10.5 Å². The van der Waals surface area contributed by atoms with Crippen LogP contribution >= 0.6 is 22.6 Å². The van der Waals surface area contributed by atoms with Gasteiger partial charge in [-0.25, -0.2) is 0 Å². The summed E-state index contributed by atoms with van der Waals surface area (Å²) in [6.07, 6.45) is -0.507. The summed E-state index contributed by atoms with van der Waals surface area (Å²) in [7, 11) is 0. The van der Waals surface area contributed by atoms with Gasteiger partial charge >= 0.3 is 6.18 Å². The Labute approximate surface area is 140 Å². The molecule has 0 unspecified atom stereocenters. The number of fused-ring (bicyclic) bond motifs is 1. The van der Waals surface area contributed by atoms with Crippen molar-refractivity contribution < 1.29 is 13.2 Å². The molecule has 0 fully saturated rings. The first kappa shape index (κ1) is 15.4. The van der Waals surface area contributed by atoms with Crippen LogP contribution < -0.4 is 4.90 Å². The van der Waals surface area contributed by atoms with Crippen molar-refractivity contribution in [2.75, 3.05) is 4.90 Å². The smallest absolute Gasteiger partial charge is 0.344 e. The molecule has 22 heavy (non-hydrogen) atoms. The van der Waals surface area contributed by atoms with Crippen molar-refractivity contribution in [1.82, 2.24) is 0 Å². The molecule has 0 N–H and O–H groups in total. The Bertz CT molecular complexity index is 750. The Morgan fingerprint density at radius 1 is 1.14 bits per heavy atom. The average molecular weight is 415 g/mol. The maximum atomic E-state index is 12.8. The van der Waals surface area contributed by atoms with Gasteiger partial charge in [0.25, 0.3) is 0 Å². The number of hydrogen-bond donors (Lipinski definition) is 0. The number of alkyl halides is 3. The quantitative estimate of drug-likeness (QED) is 0.548. The standard InChI is InChI=1S/C17H13F3IN/c1-11-5-6-12-10-22(8-7-15(12)16(11)21)14-4-2-3-13(9-14)17(18,19)20/h2-9H,10H2,1H3. The molecular weight excluding hydrogens is 402 g/mol. The van der Waals surface area contributed by atoms with E-state index >= 15 is 0 Å². The van der Waals surface area contributed by atoms with Gasteiger partial charge in [-0.15, -0.1) is 0 Å². The molecule has 1 nitrogen and oxygen atoms in total. The molecule has 114 valence electrons. The van der Waals surface area contributed by atoms with E-state index in [1.54, 1.807) is 6.07 Å². The van der Waals surface area contributed by atoms with Gasteiger partial charge in [0.05, 0.1) is 5.56 Å². The molecule has 2 aromatic rings. The summed E-state index contributed by atoms with van der Waals surface area (Å²) >= 11 is 2.31. The van der Waals surface area contributed by atoms with Crippen molar-refractivity contribution in [2.24, 2.45) is 0 Å². The lowest BCUT2D eigenvalue weighted by Gasteiger charge is -2.27. The van der Waals surface area contributed by atoms with Crippen molar-refractivity contribution in [3.8, 4) is 0 Å². The Morgan fingerprint density at radius 2 is 1.91 bits per heavy atom. The normalized spacial score (nSPS) is 14.1. The van der Waals surface area contributed by atoms with Gasteiger partial charge in [-0.2, -0.15) is 13.2 Å². The molecule has 0 aliphatic carbocycles. The SMILES string of the molecule is Cc1ccc2c(c1I)C=CN(c1cccc(C(F)(F)F)c1)C2. The second-order valence-corrected chi connectivity index (χ2v) is 6.34. The molecule has 1 heterocycles. The highest BCUT2D eigenvalue weighted by Gasteiger charge is 2.30. The lowest BCUT2D eigenvalue weighted by atomic mass is 10.0. The maximum Gasteiger partial charge on any atom is 0.416 e. The molecule has 2 aromatic carbocycles. The molecule has 3 rings (SSSR count). The lowest BCUT2D eigenvalue weighted by molar-refractivity contribution is -0.137. The van der Waals surface area contributed by atoms with Crippen LogP contribution in [0.3, 0.4) is 0 Å². The van der Waals surface area contributed by atoms with Crippen LogP contribution in [0.2, 0.25) is 0 Å². The van der Waals surface area contributed by atoms with Crippen molar-refractivity contribution in [3.63, 3.8) is 0 Å². The van der Waals surface area contributed by atoms with Gasteiger partial charge in [0.15, 0.2) is 0 Å². The molecule has 0 saturated carbocycles. The van der Waals surface area contributed by atoms with Gasteiger partial charge in [0, 0.05) is 22.0 Å². The van der Waals surface area contributed by atoms with E-state index in [1.807, 2.05) is 29.3 Å². The highest BCUT2D eigenvalue weighted by atomic mass is 127. The van der Waals surface area contributed by atoms with E-state index in [-0.39, 0.29) is 0 Å². The minimum atomic E-state index is -4.32.